The maximum absolute atomic E-state index is 12.3. The summed E-state index contributed by atoms with van der Waals surface area (Å²) in [5.41, 5.74) is 7.16. The Morgan fingerprint density at radius 2 is 2.10 bits per heavy atom. The van der Waals surface area contributed by atoms with Gasteiger partial charge in [-0.1, -0.05) is 30.3 Å². The Morgan fingerprint density at radius 1 is 1.35 bits per heavy atom. The maximum atomic E-state index is 12.3. The van der Waals surface area contributed by atoms with Crippen LogP contribution in [0.25, 0.3) is 0 Å². The molecule has 2 unspecified atom stereocenters. The Bertz CT molecular complexity index is 696. The number of aromatic amines is 1. The van der Waals surface area contributed by atoms with Gasteiger partial charge in [0.1, 0.15) is 0 Å². The molecule has 1 aliphatic rings. The van der Waals surface area contributed by atoms with Crippen molar-refractivity contribution in [2.45, 2.75) is 30.0 Å². The standard InChI is InChI=1S/C13H16N4O2S/c14-7-10-8-15-16-13(10)20(18,19)17-12-6-11(12)9-4-2-1-3-5-9/h1-5,8,11-12,17H,6-7,14H2,(H,15,16). The minimum Gasteiger partial charge on any atom is -0.326 e. The molecule has 1 aromatic carbocycles. The number of hydrogen-bond acceptors (Lipinski definition) is 4. The minimum absolute atomic E-state index is 0.0590. The van der Waals surface area contributed by atoms with Gasteiger partial charge in [0.25, 0.3) is 10.0 Å². The smallest absolute Gasteiger partial charge is 0.258 e. The molecule has 4 N–H and O–H groups in total. The number of aromatic nitrogens is 2. The molecule has 0 radical (unpaired) electrons. The van der Waals surface area contributed by atoms with Gasteiger partial charge in [0.2, 0.25) is 0 Å². The van der Waals surface area contributed by atoms with Crippen molar-refractivity contribution in [2.75, 3.05) is 0 Å². The largest absolute Gasteiger partial charge is 0.326 e. The average molecular weight is 292 g/mol. The summed E-state index contributed by atoms with van der Waals surface area (Å²) in [7, 11) is -3.59. The van der Waals surface area contributed by atoms with E-state index in [2.05, 4.69) is 14.9 Å². The summed E-state index contributed by atoms with van der Waals surface area (Å²) in [4.78, 5) is 0. The first-order valence-corrected chi connectivity index (χ1v) is 7.89. The molecule has 0 bridgehead atoms. The molecule has 1 saturated carbocycles. The van der Waals surface area contributed by atoms with Gasteiger partial charge in [-0.05, 0) is 12.0 Å². The van der Waals surface area contributed by atoms with Crippen LogP contribution in [-0.2, 0) is 16.6 Å². The zero-order valence-corrected chi connectivity index (χ0v) is 11.6. The lowest BCUT2D eigenvalue weighted by Gasteiger charge is -2.06. The Balaban J connectivity index is 1.73. The summed E-state index contributed by atoms with van der Waals surface area (Å²) in [5, 5.41) is 6.31. The van der Waals surface area contributed by atoms with Gasteiger partial charge in [-0.15, -0.1) is 0 Å². The van der Waals surface area contributed by atoms with Crippen LogP contribution in [0.15, 0.2) is 41.6 Å². The summed E-state index contributed by atoms with van der Waals surface area (Å²) in [6.45, 7) is 0.138. The van der Waals surface area contributed by atoms with Crippen molar-refractivity contribution < 1.29 is 8.42 Å². The maximum Gasteiger partial charge on any atom is 0.258 e. The molecule has 1 aliphatic carbocycles. The third kappa shape index (κ3) is 2.47. The number of nitrogens with one attached hydrogen (secondary N) is 2. The van der Waals surface area contributed by atoms with Gasteiger partial charge in [-0.2, -0.15) is 5.10 Å². The number of benzene rings is 1. The molecule has 1 heterocycles. The predicted octanol–water partition coefficient (Wildman–Crippen LogP) is 0.703. The molecular formula is C13H16N4O2S. The zero-order valence-electron chi connectivity index (χ0n) is 10.8. The van der Waals surface area contributed by atoms with Crippen LogP contribution in [0.5, 0.6) is 0 Å². The molecule has 2 atom stereocenters. The Hall–Kier alpha value is -1.70. The fraction of sp³-hybridized carbons (Fsp3) is 0.308. The van der Waals surface area contributed by atoms with Crippen molar-refractivity contribution in [2.24, 2.45) is 5.73 Å². The molecule has 0 amide bonds. The molecule has 1 fully saturated rings. The third-order valence-corrected chi connectivity index (χ3v) is 5.00. The highest BCUT2D eigenvalue weighted by atomic mass is 32.2. The van der Waals surface area contributed by atoms with Gasteiger partial charge >= 0.3 is 0 Å². The van der Waals surface area contributed by atoms with Crippen molar-refractivity contribution in [1.82, 2.24) is 14.9 Å². The van der Waals surface area contributed by atoms with Crippen LogP contribution in [0, 0.1) is 0 Å². The molecule has 7 heteroatoms. The zero-order chi connectivity index (χ0) is 14.2. The molecular weight excluding hydrogens is 276 g/mol. The van der Waals surface area contributed by atoms with Crippen molar-refractivity contribution >= 4 is 10.0 Å². The van der Waals surface area contributed by atoms with E-state index >= 15 is 0 Å². The van der Waals surface area contributed by atoms with E-state index < -0.39 is 10.0 Å². The minimum atomic E-state index is -3.59. The van der Waals surface area contributed by atoms with Crippen molar-refractivity contribution in [1.29, 1.82) is 0 Å². The molecule has 20 heavy (non-hydrogen) atoms. The summed E-state index contributed by atoms with van der Waals surface area (Å²) in [5.74, 6) is 0.246. The molecule has 3 rings (SSSR count). The lowest BCUT2D eigenvalue weighted by atomic mass is 10.1. The van der Waals surface area contributed by atoms with E-state index in [0.29, 0.717) is 5.56 Å². The van der Waals surface area contributed by atoms with E-state index in [1.165, 1.54) is 6.20 Å². The van der Waals surface area contributed by atoms with Gasteiger partial charge in [-0.3, -0.25) is 5.10 Å². The first-order chi connectivity index (χ1) is 9.62. The van der Waals surface area contributed by atoms with Gasteiger partial charge in [0.15, 0.2) is 5.03 Å². The number of rotatable bonds is 5. The van der Waals surface area contributed by atoms with Crippen LogP contribution in [0.3, 0.4) is 0 Å². The number of nitrogens with zero attached hydrogens (tertiary/aromatic N) is 1. The summed E-state index contributed by atoms with van der Waals surface area (Å²) < 4.78 is 27.2. The highest BCUT2D eigenvalue weighted by molar-refractivity contribution is 7.89. The predicted molar refractivity (Wildman–Crippen MR) is 74.4 cm³/mol. The van der Waals surface area contributed by atoms with Crippen LogP contribution in [-0.4, -0.2) is 24.7 Å². The van der Waals surface area contributed by atoms with Gasteiger partial charge in [-0.25, -0.2) is 13.1 Å². The van der Waals surface area contributed by atoms with Crippen LogP contribution in [0.1, 0.15) is 23.5 Å². The highest BCUT2D eigenvalue weighted by Gasteiger charge is 2.41. The topological polar surface area (TPSA) is 101 Å². The highest BCUT2D eigenvalue weighted by Crippen LogP contribution is 2.41. The molecule has 106 valence electrons. The lowest BCUT2D eigenvalue weighted by Crippen LogP contribution is -2.28. The summed E-state index contributed by atoms with van der Waals surface area (Å²) in [6.07, 6.45) is 2.26. The Morgan fingerprint density at radius 3 is 2.80 bits per heavy atom. The van der Waals surface area contributed by atoms with Crippen molar-refractivity contribution in [3.63, 3.8) is 0 Å². The van der Waals surface area contributed by atoms with E-state index in [9.17, 15) is 8.42 Å². The second kappa shape index (κ2) is 5.01. The van der Waals surface area contributed by atoms with Gasteiger partial charge in [0, 0.05) is 24.1 Å². The van der Waals surface area contributed by atoms with Gasteiger partial charge < -0.3 is 5.73 Å². The number of nitrogens with two attached hydrogens (primary N) is 1. The Labute approximate surface area is 117 Å². The number of sulfonamides is 1. The number of H-pyrrole nitrogens is 1. The monoisotopic (exact) mass is 292 g/mol. The first-order valence-electron chi connectivity index (χ1n) is 6.41. The number of hydrogen-bond donors (Lipinski definition) is 3. The SMILES string of the molecule is NCc1cn[nH]c1S(=O)(=O)NC1CC1c1ccccc1. The summed E-state index contributed by atoms with van der Waals surface area (Å²) >= 11 is 0. The quantitative estimate of drug-likeness (QED) is 0.755. The summed E-state index contributed by atoms with van der Waals surface area (Å²) in [6, 6.07) is 9.84. The molecule has 6 nitrogen and oxygen atoms in total. The van der Waals surface area contributed by atoms with E-state index in [4.69, 9.17) is 5.73 Å². The average Bonchev–Trinajstić information content (AvgIpc) is 3.02. The van der Waals surface area contributed by atoms with E-state index in [-0.39, 0.29) is 23.5 Å². The van der Waals surface area contributed by atoms with Crippen LogP contribution in [0.4, 0.5) is 0 Å². The fourth-order valence-corrected chi connectivity index (χ4v) is 3.76. The van der Waals surface area contributed by atoms with E-state index in [1.54, 1.807) is 0 Å². The van der Waals surface area contributed by atoms with Crippen LogP contribution in [0.2, 0.25) is 0 Å². The molecule has 2 aromatic rings. The fourth-order valence-electron chi connectivity index (χ4n) is 2.33. The van der Waals surface area contributed by atoms with Crippen LogP contribution >= 0.6 is 0 Å². The van der Waals surface area contributed by atoms with E-state index in [1.807, 2.05) is 30.3 Å². The molecule has 0 saturated heterocycles. The molecule has 0 aliphatic heterocycles. The van der Waals surface area contributed by atoms with Gasteiger partial charge in [0.05, 0.1) is 6.20 Å². The Kier molecular flexibility index (Phi) is 3.33. The van der Waals surface area contributed by atoms with E-state index in [0.717, 1.165) is 12.0 Å². The van der Waals surface area contributed by atoms with Crippen molar-refractivity contribution in [3.05, 3.63) is 47.7 Å². The third-order valence-electron chi connectivity index (χ3n) is 3.49. The second-order valence-electron chi connectivity index (χ2n) is 4.91. The molecule has 0 spiro atoms. The van der Waals surface area contributed by atoms with Crippen LogP contribution < -0.4 is 10.5 Å². The first kappa shape index (κ1) is 13.3. The normalized spacial score (nSPS) is 21.9. The second-order valence-corrected chi connectivity index (χ2v) is 6.56. The molecule has 1 aromatic heterocycles. The van der Waals surface area contributed by atoms with Crippen molar-refractivity contribution in [3.8, 4) is 0 Å². The lowest BCUT2D eigenvalue weighted by molar-refractivity contribution is 0.574.